The molecule has 1 amide bonds. The SMILES string of the molecule is CN(CC(=O)Nc1cccc2nsnc12)[C@@H]1CCCc2ccccc21. The molecule has 1 aliphatic rings. The molecule has 1 aliphatic carbocycles. The molecule has 0 bridgehead atoms. The van der Waals surface area contributed by atoms with Crippen LogP contribution in [0.15, 0.2) is 42.5 Å². The zero-order valence-electron chi connectivity index (χ0n) is 14.1. The van der Waals surface area contributed by atoms with E-state index in [-0.39, 0.29) is 5.91 Å². The summed E-state index contributed by atoms with van der Waals surface area (Å²) in [5.74, 6) is -0.0222. The van der Waals surface area contributed by atoms with Crippen molar-refractivity contribution in [1.29, 1.82) is 0 Å². The summed E-state index contributed by atoms with van der Waals surface area (Å²) < 4.78 is 8.49. The normalized spacial score (nSPS) is 16.8. The van der Waals surface area contributed by atoms with Crippen LogP contribution in [0.1, 0.15) is 30.0 Å². The summed E-state index contributed by atoms with van der Waals surface area (Å²) in [5.41, 5.74) is 5.07. The number of nitrogens with one attached hydrogen (secondary N) is 1. The molecular weight excluding hydrogens is 332 g/mol. The lowest BCUT2D eigenvalue weighted by molar-refractivity contribution is -0.117. The number of likely N-dealkylation sites (N-methyl/N-ethyl adjacent to an activating group) is 1. The summed E-state index contributed by atoms with van der Waals surface area (Å²) in [5, 5.41) is 2.99. The molecule has 0 unspecified atom stereocenters. The molecule has 128 valence electrons. The highest BCUT2D eigenvalue weighted by atomic mass is 32.1. The van der Waals surface area contributed by atoms with Gasteiger partial charge in [-0.05, 0) is 49.6 Å². The Bertz CT molecular complexity index is 907. The Morgan fingerprint density at radius 2 is 2.12 bits per heavy atom. The van der Waals surface area contributed by atoms with E-state index >= 15 is 0 Å². The Balaban J connectivity index is 1.47. The lowest BCUT2D eigenvalue weighted by Gasteiger charge is -2.32. The number of carbonyl (C=O) groups is 1. The smallest absolute Gasteiger partial charge is 0.238 e. The van der Waals surface area contributed by atoms with Crippen molar-refractivity contribution in [3.05, 3.63) is 53.6 Å². The van der Waals surface area contributed by atoms with Crippen LogP contribution >= 0.6 is 11.7 Å². The van der Waals surface area contributed by atoms with Crippen molar-refractivity contribution in [2.24, 2.45) is 0 Å². The van der Waals surface area contributed by atoms with E-state index in [0.29, 0.717) is 12.6 Å². The third-order valence-electron chi connectivity index (χ3n) is 4.82. The lowest BCUT2D eigenvalue weighted by Crippen LogP contribution is -2.34. The van der Waals surface area contributed by atoms with E-state index in [1.54, 1.807) is 0 Å². The Morgan fingerprint density at radius 1 is 1.24 bits per heavy atom. The molecule has 0 radical (unpaired) electrons. The monoisotopic (exact) mass is 352 g/mol. The second kappa shape index (κ2) is 6.90. The van der Waals surface area contributed by atoms with Crippen molar-refractivity contribution in [3.8, 4) is 0 Å². The van der Waals surface area contributed by atoms with Gasteiger partial charge in [0.05, 0.1) is 24.0 Å². The van der Waals surface area contributed by atoms with Gasteiger partial charge in [-0.2, -0.15) is 8.75 Å². The Labute approximate surface area is 151 Å². The first kappa shape index (κ1) is 16.2. The minimum atomic E-state index is -0.0222. The number of rotatable bonds is 4. The summed E-state index contributed by atoms with van der Waals surface area (Å²) in [7, 11) is 2.03. The fraction of sp³-hybridized carbons (Fsp3) is 0.316. The van der Waals surface area contributed by atoms with Crippen LogP contribution < -0.4 is 5.32 Å². The Morgan fingerprint density at radius 3 is 3.04 bits per heavy atom. The number of hydrogen-bond acceptors (Lipinski definition) is 5. The average molecular weight is 352 g/mol. The van der Waals surface area contributed by atoms with Gasteiger partial charge in [0.15, 0.2) is 0 Å². The molecule has 3 aromatic rings. The van der Waals surface area contributed by atoms with Gasteiger partial charge in [-0.3, -0.25) is 9.69 Å². The quantitative estimate of drug-likeness (QED) is 0.779. The number of fused-ring (bicyclic) bond motifs is 2. The highest BCUT2D eigenvalue weighted by molar-refractivity contribution is 7.00. The van der Waals surface area contributed by atoms with Crippen LogP contribution in [0.5, 0.6) is 0 Å². The van der Waals surface area contributed by atoms with Gasteiger partial charge in [0.2, 0.25) is 5.91 Å². The third-order valence-corrected chi connectivity index (χ3v) is 5.37. The predicted molar refractivity (Wildman–Crippen MR) is 101 cm³/mol. The van der Waals surface area contributed by atoms with Gasteiger partial charge in [0.25, 0.3) is 0 Å². The number of aromatic nitrogens is 2. The van der Waals surface area contributed by atoms with E-state index in [4.69, 9.17) is 0 Å². The van der Waals surface area contributed by atoms with E-state index in [0.717, 1.165) is 47.7 Å². The van der Waals surface area contributed by atoms with E-state index < -0.39 is 0 Å². The topological polar surface area (TPSA) is 58.1 Å². The molecule has 0 aliphatic heterocycles. The second-order valence-electron chi connectivity index (χ2n) is 6.51. The van der Waals surface area contributed by atoms with Crippen molar-refractivity contribution in [3.63, 3.8) is 0 Å². The van der Waals surface area contributed by atoms with E-state index in [9.17, 15) is 4.79 Å². The molecule has 2 aromatic carbocycles. The number of anilines is 1. The van der Waals surface area contributed by atoms with Crippen LogP contribution in [-0.2, 0) is 11.2 Å². The molecule has 4 rings (SSSR count). The zero-order chi connectivity index (χ0) is 17.2. The fourth-order valence-electron chi connectivity index (χ4n) is 3.62. The van der Waals surface area contributed by atoms with Gasteiger partial charge in [-0.25, -0.2) is 0 Å². The minimum Gasteiger partial charge on any atom is -0.323 e. The first-order valence-electron chi connectivity index (χ1n) is 8.51. The molecule has 1 N–H and O–H groups in total. The number of nitrogens with zero attached hydrogens (tertiary/aromatic N) is 3. The molecule has 0 saturated heterocycles. The maximum atomic E-state index is 12.5. The maximum Gasteiger partial charge on any atom is 0.238 e. The Kier molecular flexibility index (Phi) is 4.46. The third kappa shape index (κ3) is 3.27. The molecule has 0 spiro atoms. The summed E-state index contributed by atoms with van der Waals surface area (Å²) in [6.45, 7) is 0.354. The molecule has 6 heteroatoms. The van der Waals surface area contributed by atoms with Crippen LogP contribution in [0, 0.1) is 0 Å². The molecule has 5 nitrogen and oxygen atoms in total. The van der Waals surface area contributed by atoms with Gasteiger partial charge in [0, 0.05) is 6.04 Å². The number of amides is 1. The maximum absolute atomic E-state index is 12.5. The highest BCUT2D eigenvalue weighted by Gasteiger charge is 2.24. The highest BCUT2D eigenvalue weighted by Crippen LogP contribution is 2.33. The zero-order valence-corrected chi connectivity index (χ0v) is 14.9. The molecule has 1 aromatic heterocycles. The van der Waals surface area contributed by atoms with Gasteiger partial charge >= 0.3 is 0 Å². The summed E-state index contributed by atoms with van der Waals surface area (Å²) >= 11 is 1.16. The van der Waals surface area contributed by atoms with Gasteiger partial charge in [-0.1, -0.05) is 30.3 Å². The van der Waals surface area contributed by atoms with Gasteiger partial charge in [0.1, 0.15) is 11.0 Å². The average Bonchev–Trinajstić information content (AvgIpc) is 3.11. The predicted octanol–water partition coefficient (Wildman–Crippen LogP) is 3.64. The number of aryl methyl sites for hydroxylation is 1. The molecule has 0 saturated carbocycles. The first-order chi connectivity index (χ1) is 12.2. The molecular formula is C19H20N4OS. The van der Waals surface area contributed by atoms with Crippen molar-refractivity contribution in [1.82, 2.24) is 13.6 Å². The first-order valence-corrected chi connectivity index (χ1v) is 9.24. The molecule has 25 heavy (non-hydrogen) atoms. The van der Waals surface area contributed by atoms with Gasteiger partial charge in [-0.15, -0.1) is 0 Å². The van der Waals surface area contributed by atoms with Crippen LogP contribution in [0.4, 0.5) is 5.69 Å². The fourth-order valence-corrected chi connectivity index (χ4v) is 4.17. The summed E-state index contributed by atoms with van der Waals surface area (Å²) in [6, 6.07) is 14.5. The molecule has 1 atom stereocenters. The van der Waals surface area contributed by atoms with Crippen LogP contribution in [0.25, 0.3) is 11.0 Å². The largest absolute Gasteiger partial charge is 0.323 e. The molecule has 0 fully saturated rings. The van der Waals surface area contributed by atoms with Crippen LogP contribution in [-0.4, -0.2) is 33.1 Å². The summed E-state index contributed by atoms with van der Waals surface area (Å²) in [4.78, 5) is 14.7. The summed E-state index contributed by atoms with van der Waals surface area (Å²) in [6.07, 6.45) is 3.38. The number of carbonyl (C=O) groups excluding carboxylic acids is 1. The number of hydrogen-bond donors (Lipinski definition) is 1. The standard InChI is InChI=1S/C19H20N4OS/c1-23(17-11-4-7-13-6-2-3-8-14(13)17)12-18(24)20-15-9-5-10-16-19(15)22-25-21-16/h2-3,5-6,8-10,17H,4,7,11-12H2,1H3,(H,20,24)/t17-/m1/s1. The van der Waals surface area contributed by atoms with E-state index in [1.807, 2.05) is 25.2 Å². The van der Waals surface area contributed by atoms with Crippen molar-refractivity contribution >= 4 is 34.4 Å². The number of benzene rings is 2. The second-order valence-corrected chi connectivity index (χ2v) is 7.04. The van der Waals surface area contributed by atoms with E-state index in [1.165, 1.54) is 11.1 Å². The van der Waals surface area contributed by atoms with E-state index in [2.05, 4.69) is 43.2 Å². The van der Waals surface area contributed by atoms with Gasteiger partial charge < -0.3 is 5.32 Å². The van der Waals surface area contributed by atoms with Crippen LogP contribution in [0.3, 0.4) is 0 Å². The molecule has 1 heterocycles. The van der Waals surface area contributed by atoms with Crippen molar-refractivity contribution < 1.29 is 4.79 Å². The van der Waals surface area contributed by atoms with Crippen LogP contribution in [0.2, 0.25) is 0 Å². The van der Waals surface area contributed by atoms with Crippen molar-refractivity contribution in [2.75, 3.05) is 18.9 Å². The Hall–Kier alpha value is -2.31. The van der Waals surface area contributed by atoms with Crippen molar-refractivity contribution in [2.45, 2.75) is 25.3 Å². The minimum absolute atomic E-state index is 0.0222. The lowest BCUT2D eigenvalue weighted by atomic mass is 9.87.